The smallest absolute Gasteiger partial charge is 0.266 e. The second-order valence-electron chi connectivity index (χ2n) is 15.7. The van der Waals surface area contributed by atoms with Crippen molar-refractivity contribution >= 4 is 40.3 Å². The Balaban J connectivity index is 0.865. The van der Waals surface area contributed by atoms with Crippen molar-refractivity contribution in [1.29, 1.82) is 0 Å². The number of nitrogens with zero attached hydrogens (tertiary/aromatic N) is 4. The molecule has 3 saturated heterocycles. The number of pyridine rings is 1. The minimum Gasteiger partial charge on any atom is -0.508 e. The number of methoxy groups -OCH3 is 2. The molecular weight excluding hydrogens is 775 g/mol. The molecule has 4 aliphatic heterocycles. The van der Waals surface area contributed by atoms with Crippen molar-refractivity contribution in [1.82, 2.24) is 24.6 Å². The molecule has 1 spiro atoms. The lowest BCUT2D eigenvalue weighted by molar-refractivity contribution is -0.159. The summed E-state index contributed by atoms with van der Waals surface area (Å²) in [5.74, 6) is -0.888. The Bertz CT molecular complexity index is 2450. The topological polar surface area (TPSA) is 186 Å². The summed E-state index contributed by atoms with van der Waals surface area (Å²) in [5.41, 5.74) is 2.02. The molecule has 5 amide bonds. The van der Waals surface area contributed by atoms with E-state index in [2.05, 4.69) is 10.2 Å². The van der Waals surface area contributed by atoms with E-state index in [9.17, 15) is 33.9 Å². The number of aromatic nitrogens is 1. The lowest BCUT2D eigenvalue weighted by Gasteiger charge is -2.47. The summed E-state index contributed by atoms with van der Waals surface area (Å²) in [5, 5.41) is 13.4. The standard InChI is InChI=1S/C44H47N5O11/c1-46-23-31(28-10-9-27(50)22-30(28)41(46)54)26-20-35(57-2)32(36(21-26)58-3)24-47-15-13-44(14-16-47)25-48(17-19-60-44)38(52)8-5-18-59-34-7-4-6-29-39(34)43(56)49(42(29)55)33-11-12-37(51)45-40(33)53/h4,6-7,9-10,20-23,33,50H,5,8,11-19,24-25H2,1-3H3,(H,45,51,53). The number of hydrogen-bond acceptors (Lipinski definition) is 12. The summed E-state index contributed by atoms with van der Waals surface area (Å²) in [6.45, 7) is 3.54. The Morgan fingerprint density at radius 3 is 2.38 bits per heavy atom. The van der Waals surface area contributed by atoms with Gasteiger partial charge >= 0.3 is 0 Å². The predicted octanol–water partition coefficient (Wildman–Crippen LogP) is 3.38. The fourth-order valence-electron chi connectivity index (χ4n) is 8.85. The van der Waals surface area contributed by atoms with Crippen LogP contribution in [-0.4, -0.2) is 119 Å². The van der Waals surface area contributed by atoms with Crippen molar-refractivity contribution in [3.63, 3.8) is 0 Å². The van der Waals surface area contributed by atoms with Crippen molar-refractivity contribution in [3.05, 3.63) is 81.8 Å². The predicted molar refractivity (Wildman–Crippen MR) is 217 cm³/mol. The quantitative estimate of drug-likeness (QED) is 0.166. The van der Waals surface area contributed by atoms with Gasteiger partial charge in [0.1, 0.15) is 29.0 Å². The molecule has 1 atom stereocenters. The second kappa shape index (κ2) is 16.4. The van der Waals surface area contributed by atoms with Crippen LogP contribution < -0.4 is 25.1 Å². The first kappa shape index (κ1) is 40.5. The molecule has 3 aromatic carbocycles. The van der Waals surface area contributed by atoms with Crippen molar-refractivity contribution in [2.45, 2.75) is 56.7 Å². The molecule has 16 heteroatoms. The van der Waals surface area contributed by atoms with Crippen LogP contribution in [0.5, 0.6) is 23.0 Å². The van der Waals surface area contributed by atoms with Crippen LogP contribution >= 0.6 is 0 Å². The van der Waals surface area contributed by atoms with Crippen molar-refractivity contribution in [3.8, 4) is 34.1 Å². The van der Waals surface area contributed by atoms with E-state index in [1.54, 1.807) is 51.7 Å². The molecule has 8 rings (SSSR count). The van der Waals surface area contributed by atoms with Gasteiger partial charge in [0.15, 0.2) is 0 Å². The van der Waals surface area contributed by atoms with Crippen molar-refractivity contribution in [2.24, 2.45) is 7.05 Å². The van der Waals surface area contributed by atoms with E-state index >= 15 is 0 Å². The van der Waals surface area contributed by atoms with Gasteiger partial charge in [-0.2, -0.15) is 0 Å². The molecule has 1 unspecified atom stereocenters. The Hall–Kier alpha value is -6.26. The minimum absolute atomic E-state index is 0.0160. The number of aromatic hydroxyl groups is 1. The molecule has 0 bridgehead atoms. The SMILES string of the molecule is COc1cc(-c2cn(C)c(=O)c3cc(O)ccc23)cc(OC)c1CN1CCC2(CC1)CN(C(=O)CCCOc1cccc3c1C(=O)N(C1CCC(=O)NC1=O)C3=O)CCO2. The number of morpholine rings is 1. The number of rotatable bonds is 11. The van der Waals surface area contributed by atoms with Crippen LogP contribution in [-0.2, 0) is 32.7 Å². The maximum absolute atomic E-state index is 13.5. The normalized spacial score (nSPS) is 19.1. The number of phenols is 1. The average molecular weight is 822 g/mol. The first-order valence-electron chi connectivity index (χ1n) is 20.1. The number of carbonyl (C=O) groups excluding carboxylic acids is 5. The number of piperidine rings is 2. The highest BCUT2D eigenvalue weighted by Gasteiger charge is 2.46. The fourth-order valence-corrected chi connectivity index (χ4v) is 8.85. The molecule has 0 saturated carbocycles. The Kier molecular flexibility index (Phi) is 11.1. The Morgan fingerprint density at radius 1 is 0.917 bits per heavy atom. The number of aryl methyl sites for hydroxylation is 1. The lowest BCUT2D eigenvalue weighted by Crippen LogP contribution is -2.57. The van der Waals surface area contributed by atoms with Crippen molar-refractivity contribution in [2.75, 3.05) is 53.6 Å². The maximum Gasteiger partial charge on any atom is 0.266 e. The van der Waals surface area contributed by atoms with E-state index in [0.29, 0.717) is 54.9 Å². The summed E-state index contributed by atoms with van der Waals surface area (Å²) in [4.78, 5) is 82.1. The van der Waals surface area contributed by atoms with Gasteiger partial charge < -0.3 is 33.5 Å². The van der Waals surface area contributed by atoms with Gasteiger partial charge in [-0.15, -0.1) is 0 Å². The summed E-state index contributed by atoms with van der Waals surface area (Å²) >= 11 is 0. The largest absolute Gasteiger partial charge is 0.508 e. The molecule has 4 aromatic rings. The number of phenolic OH excluding ortho intramolecular Hbond substituents is 1. The molecule has 1 aromatic heterocycles. The van der Waals surface area contributed by atoms with Gasteiger partial charge in [-0.25, -0.2) is 0 Å². The third kappa shape index (κ3) is 7.56. The number of fused-ring (bicyclic) bond motifs is 2. The van der Waals surface area contributed by atoms with Crippen LogP contribution in [0.3, 0.4) is 0 Å². The second-order valence-corrected chi connectivity index (χ2v) is 15.7. The Labute approximate surface area is 345 Å². The molecule has 3 fully saturated rings. The minimum atomic E-state index is -1.07. The van der Waals surface area contributed by atoms with E-state index in [0.717, 1.165) is 47.5 Å². The molecule has 314 valence electrons. The molecule has 5 heterocycles. The highest BCUT2D eigenvalue weighted by molar-refractivity contribution is 6.24. The number of amides is 5. The van der Waals surface area contributed by atoms with Crippen molar-refractivity contribution < 1.29 is 48.0 Å². The summed E-state index contributed by atoms with van der Waals surface area (Å²) in [6.07, 6.45) is 3.91. The number of benzene rings is 3. The van der Waals surface area contributed by atoms with Crippen LogP contribution in [0.1, 0.15) is 64.8 Å². The summed E-state index contributed by atoms with van der Waals surface area (Å²) in [6, 6.07) is 12.3. The zero-order chi connectivity index (χ0) is 42.3. The summed E-state index contributed by atoms with van der Waals surface area (Å²) in [7, 11) is 4.92. The summed E-state index contributed by atoms with van der Waals surface area (Å²) < 4.78 is 25.6. The number of nitrogens with one attached hydrogen (secondary N) is 1. The third-order valence-corrected chi connectivity index (χ3v) is 12.1. The van der Waals surface area contributed by atoms with Crippen LogP contribution in [0.4, 0.5) is 0 Å². The van der Waals surface area contributed by atoms with Gasteiger partial charge in [-0.05, 0) is 79.1 Å². The van der Waals surface area contributed by atoms with E-state index in [1.165, 1.54) is 16.7 Å². The molecule has 4 aliphatic rings. The number of likely N-dealkylation sites (tertiary alicyclic amines) is 1. The van der Waals surface area contributed by atoms with Gasteiger partial charge in [-0.3, -0.25) is 43.9 Å². The maximum atomic E-state index is 13.5. The van der Waals surface area contributed by atoms with Crippen LogP contribution in [0.2, 0.25) is 0 Å². The molecular formula is C44H47N5O11. The van der Waals surface area contributed by atoms with Crippen LogP contribution in [0.15, 0.2) is 59.5 Å². The van der Waals surface area contributed by atoms with Gasteiger partial charge in [0, 0.05) is 64.4 Å². The van der Waals surface area contributed by atoms with Gasteiger partial charge in [-0.1, -0.05) is 6.07 Å². The number of ether oxygens (including phenoxy) is 4. The van der Waals surface area contributed by atoms with Gasteiger partial charge in [0.05, 0.1) is 55.1 Å². The highest BCUT2D eigenvalue weighted by atomic mass is 16.5. The number of imide groups is 2. The molecule has 2 N–H and O–H groups in total. The zero-order valence-corrected chi connectivity index (χ0v) is 33.8. The third-order valence-electron chi connectivity index (χ3n) is 12.1. The van der Waals surface area contributed by atoms with E-state index < -0.39 is 35.3 Å². The first-order valence-corrected chi connectivity index (χ1v) is 20.1. The van der Waals surface area contributed by atoms with Crippen LogP contribution in [0.25, 0.3) is 21.9 Å². The monoisotopic (exact) mass is 821 g/mol. The van der Waals surface area contributed by atoms with E-state index in [4.69, 9.17) is 18.9 Å². The number of hydrogen-bond donors (Lipinski definition) is 2. The molecule has 16 nitrogen and oxygen atoms in total. The lowest BCUT2D eigenvalue weighted by atomic mass is 9.88. The zero-order valence-electron chi connectivity index (χ0n) is 33.8. The van der Waals surface area contributed by atoms with Crippen LogP contribution in [0, 0.1) is 0 Å². The van der Waals surface area contributed by atoms with Gasteiger partial charge in [0.25, 0.3) is 17.4 Å². The molecule has 0 radical (unpaired) electrons. The van der Waals surface area contributed by atoms with E-state index in [1.807, 2.05) is 17.0 Å². The van der Waals surface area contributed by atoms with E-state index in [-0.39, 0.29) is 60.0 Å². The first-order chi connectivity index (χ1) is 28.9. The average Bonchev–Trinajstić information content (AvgIpc) is 3.50. The Morgan fingerprint density at radius 2 is 1.67 bits per heavy atom. The van der Waals surface area contributed by atoms with Gasteiger partial charge in [0.2, 0.25) is 17.7 Å². The molecule has 0 aliphatic carbocycles. The fraction of sp³-hybridized carbons (Fsp3) is 0.409. The highest BCUT2D eigenvalue weighted by Crippen LogP contribution is 2.40. The molecule has 60 heavy (non-hydrogen) atoms. The number of carbonyl (C=O) groups is 5.